The largest absolute Gasteiger partial charge is 0.478 e. The minimum absolute atomic E-state index is 0.230. The van der Waals surface area contributed by atoms with Crippen molar-refractivity contribution < 1.29 is 19.4 Å². The number of hydrogen-bond donors (Lipinski definition) is 1. The lowest BCUT2D eigenvalue weighted by molar-refractivity contribution is -0.130. The Kier molecular flexibility index (Phi) is 4.42. The quantitative estimate of drug-likeness (QED) is 0.835. The van der Waals surface area contributed by atoms with Gasteiger partial charge in [-0.2, -0.15) is 0 Å². The third-order valence-corrected chi connectivity index (χ3v) is 3.65. The second-order valence-corrected chi connectivity index (χ2v) is 4.84. The van der Waals surface area contributed by atoms with Crippen molar-refractivity contribution in [3.05, 3.63) is 29.8 Å². The molecule has 1 aliphatic rings. The molecule has 0 aromatic heterocycles. The van der Waals surface area contributed by atoms with Crippen LogP contribution >= 0.6 is 11.8 Å². The minimum Gasteiger partial charge on any atom is -0.478 e. The number of aromatic carboxylic acids is 1. The molecule has 5 heteroatoms. The molecule has 0 bridgehead atoms. The number of carbonyl (C=O) groups is 1. The van der Waals surface area contributed by atoms with Gasteiger partial charge in [0.05, 0.1) is 18.3 Å². The Bertz CT molecular complexity index is 371. The molecule has 2 rings (SSSR count). The van der Waals surface area contributed by atoms with Crippen molar-refractivity contribution in [3.8, 4) is 0 Å². The maximum atomic E-state index is 10.7. The summed E-state index contributed by atoms with van der Waals surface area (Å²) >= 11 is 1.67. The van der Waals surface area contributed by atoms with Gasteiger partial charge in [0.1, 0.15) is 6.79 Å². The molecule has 0 spiro atoms. The molecule has 1 atom stereocenters. The van der Waals surface area contributed by atoms with E-state index in [-0.39, 0.29) is 6.10 Å². The Morgan fingerprint density at radius 3 is 2.76 bits per heavy atom. The van der Waals surface area contributed by atoms with Gasteiger partial charge in [-0.3, -0.25) is 0 Å². The zero-order valence-electron chi connectivity index (χ0n) is 9.30. The minimum atomic E-state index is -0.894. The van der Waals surface area contributed by atoms with Crippen molar-refractivity contribution in [2.75, 3.05) is 19.2 Å². The van der Waals surface area contributed by atoms with Gasteiger partial charge in [0.25, 0.3) is 0 Å². The van der Waals surface area contributed by atoms with Crippen LogP contribution in [-0.2, 0) is 9.47 Å². The van der Waals surface area contributed by atoms with Crippen LogP contribution in [0.2, 0.25) is 0 Å². The summed E-state index contributed by atoms with van der Waals surface area (Å²) in [4.78, 5) is 11.7. The highest BCUT2D eigenvalue weighted by atomic mass is 32.2. The molecule has 0 radical (unpaired) electrons. The predicted molar refractivity (Wildman–Crippen MR) is 64.4 cm³/mol. The summed E-state index contributed by atoms with van der Waals surface area (Å²) in [5.41, 5.74) is 0.316. The van der Waals surface area contributed by atoms with Crippen LogP contribution in [0.15, 0.2) is 29.2 Å². The summed E-state index contributed by atoms with van der Waals surface area (Å²) in [7, 11) is 0. The van der Waals surface area contributed by atoms with Crippen molar-refractivity contribution in [2.24, 2.45) is 0 Å². The zero-order chi connectivity index (χ0) is 12.1. The Morgan fingerprint density at radius 2 is 2.18 bits per heavy atom. The first-order valence-electron chi connectivity index (χ1n) is 5.41. The second kappa shape index (κ2) is 6.05. The number of thioether (sulfide) groups is 1. The van der Waals surface area contributed by atoms with Crippen LogP contribution in [-0.4, -0.2) is 36.3 Å². The SMILES string of the molecule is O=C(O)c1ccc(SCC2CCOCO2)cc1. The fourth-order valence-corrected chi connectivity index (χ4v) is 2.49. The Labute approximate surface area is 104 Å². The van der Waals surface area contributed by atoms with E-state index in [2.05, 4.69) is 0 Å². The standard InChI is InChI=1S/C12H14O4S/c13-12(14)9-1-3-11(4-2-9)17-7-10-5-6-15-8-16-10/h1-4,10H,5-8H2,(H,13,14). The molecule has 0 amide bonds. The summed E-state index contributed by atoms with van der Waals surface area (Å²) in [6.45, 7) is 1.13. The highest BCUT2D eigenvalue weighted by Gasteiger charge is 2.14. The van der Waals surface area contributed by atoms with Crippen molar-refractivity contribution in [3.63, 3.8) is 0 Å². The summed E-state index contributed by atoms with van der Waals surface area (Å²) in [5.74, 6) is -0.0233. The van der Waals surface area contributed by atoms with Gasteiger partial charge in [0.15, 0.2) is 0 Å². The molecule has 1 N–H and O–H groups in total. The van der Waals surface area contributed by atoms with Gasteiger partial charge in [-0.1, -0.05) is 0 Å². The number of rotatable bonds is 4. The van der Waals surface area contributed by atoms with E-state index in [1.807, 2.05) is 12.1 Å². The Balaban J connectivity index is 1.84. The monoisotopic (exact) mass is 254 g/mol. The fourth-order valence-electron chi connectivity index (χ4n) is 1.52. The van der Waals surface area contributed by atoms with Crippen LogP contribution in [0, 0.1) is 0 Å². The van der Waals surface area contributed by atoms with E-state index in [1.54, 1.807) is 23.9 Å². The number of hydrogen-bond acceptors (Lipinski definition) is 4. The van der Waals surface area contributed by atoms with Crippen LogP contribution in [0.25, 0.3) is 0 Å². The van der Waals surface area contributed by atoms with E-state index >= 15 is 0 Å². The number of ether oxygens (including phenoxy) is 2. The average molecular weight is 254 g/mol. The topological polar surface area (TPSA) is 55.8 Å². The smallest absolute Gasteiger partial charge is 0.335 e. The summed E-state index contributed by atoms with van der Waals surface area (Å²) in [6.07, 6.45) is 1.15. The average Bonchev–Trinajstić information content (AvgIpc) is 2.38. The molecular formula is C12H14O4S. The van der Waals surface area contributed by atoms with Gasteiger partial charge in [0, 0.05) is 10.6 Å². The number of benzene rings is 1. The summed E-state index contributed by atoms with van der Waals surface area (Å²) in [5, 5.41) is 8.77. The number of carboxylic acid groups (broad SMARTS) is 1. The molecule has 1 heterocycles. The van der Waals surface area contributed by atoms with E-state index in [0.29, 0.717) is 12.4 Å². The van der Waals surface area contributed by atoms with Crippen LogP contribution in [0.3, 0.4) is 0 Å². The molecule has 1 aromatic rings. The molecule has 1 unspecified atom stereocenters. The highest BCUT2D eigenvalue weighted by molar-refractivity contribution is 7.99. The first-order chi connectivity index (χ1) is 8.25. The summed E-state index contributed by atoms with van der Waals surface area (Å²) < 4.78 is 10.5. The normalized spacial score (nSPS) is 20.1. The third-order valence-electron chi connectivity index (χ3n) is 2.51. The van der Waals surface area contributed by atoms with Gasteiger partial charge in [-0.15, -0.1) is 11.8 Å². The maximum absolute atomic E-state index is 10.7. The molecule has 1 aromatic carbocycles. The van der Waals surface area contributed by atoms with E-state index in [1.165, 1.54) is 0 Å². The molecule has 1 aliphatic heterocycles. The van der Waals surface area contributed by atoms with E-state index < -0.39 is 5.97 Å². The van der Waals surface area contributed by atoms with Gasteiger partial charge < -0.3 is 14.6 Å². The van der Waals surface area contributed by atoms with Crippen LogP contribution in [0.1, 0.15) is 16.8 Å². The molecule has 4 nitrogen and oxygen atoms in total. The lowest BCUT2D eigenvalue weighted by Gasteiger charge is -2.22. The molecule has 1 saturated heterocycles. The first kappa shape index (κ1) is 12.4. The predicted octanol–water partition coefficient (Wildman–Crippen LogP) is 2.24. The van der Waals surface area contributed by atoms with Crippen LogP contribution in [0.4, 0.5) is 0 Å². The highest BCUT2D eigenvalue weighted by Crippen LogP contribution is 2.22. The summed E-state index contributed by atoms with van der Waals surface area (Å²) in [6, 6.07) is 6.89. The van der Waals surface area contributed by atoms with Crippen LogP contribution in [0.5, 0.6) is 0 Å². The lowest BCUT2D eigenvalue weighted by Crippen LogP contribution is -2.25. The molecule has 17 heavy (non-hydrogen) atoms. The van der Waals surface area contributed by atoms with Gasteiger partial charge >= 0.3 is 5.97 Å². The molecule has 92 valence electrons. The van der Waals surface area contributed by atoms with E-state index in [4.69, 9.17) is 14.6 Å². The van der Waals surface area contributed by atoms with Gasteiger partial charge in [-0.05, 0) is 30.7 Å². The molecule has 0 saturated carbocycles. The maximum Gasteiger partial charge on any atom is 0.335 e. The van der Waals surface area contributed by atoms with Crippen molar-refractivity contribution in [1.29, 1.82) is 0 Å². The Morgan fingerprint density at radius 1 is 1.41 bits per heavy atom. The first-order valence-corrected chi connectivity index (χ1v) is 6.40. The van der Waals surface area contributed by atoms with Gasteiger partial charge in [-0.25, -0.2) is 4.79 Å². The lowest BCUT2D eigenvalue weighted by atomic mass is 10.2. The van der Waals surface area contributed by atoms with Crippen molar-refractivity contribution in [2.45, 2.75) is 17.4 Å². The van der Waals surface area contributed by atoms with Gasteiger partial charge in [0.2, 0.25) is 0 Å². The van der Waals surface area contributed by atoms with Crippen LogP contribution < -0.4 is 0 Å². The second-order valence-electron chi connectivity index (χ2n) is 3.74. The zero-order valence-corrected chi connectivity index (χ0v) is 10.1. The van der Waals surface area contributed by atoms with E-state index in [0.717, 1.165) is 23.7 Å². The third kappa shape index (κ3) is 3.73. The van der Waals surface area contributed by atoms with Crippen molar-refractivity contribution in [1.82, 2.24) is 0 Å². The molecular weight excluding hydrogens is 240 g/mol. The van der Waals surface area contributed by atoms with Crippen molar-refractivity contribution >= 4 is 17.7 Å². The molecule has 1 fully saturated rings. The van der Waals surface area contributed by atoms with E-state index in [9.17, 15) is 4.79 Å². The number of carboxylic acids is 1. The Hall–Kier alpha value is -1.04. The fraction of sp³-hybridized carbons (Fsp3) is 0.417. The molecule has 0 aliphatic carbocycles.